The van der Waals surface area contributed by atoms with Crippen LogP contribution in [0.1, 0.15) is 12.8 Å². The number of carbonyl (C=O) groups is 2. The molecular weight excluding hydrogens is 300 g/mol. The topological polar surface area (TPSA) is 158 Å². The van der Waals surface area contributed by atoms with Crippen LogP contribution in [0.2, 0.25) is 0 Å². The molecule has 0 aromatic rings. The Bertz CT molecular complexity index is 379. The Balaban J connectivity index is 2.37. The van der Waals surface area contributed by atoms with Gasteiger partial charge in [-0.2, -0.15) is 0 Å². The normalized spacial score (nSPS) is 22.0. The van der Waals surface area contributed by atoms with Crippen LogP contribution in [0.5, 0.6) is 0 Å². The average Bonchev–Trinajstić information content (AvgIpc) is 2.33. The molecule has 0 spiro atoms. The van der Waals surface area contributed by atoms with E-state index in [4.69, 9.17) is 22.3 Å². The summed E-state index contributed by atoms with van der Waals surface area (Å²) in [6, 6.07) is -1.16. The van der Waals surface area contributed by atoms with E-state index in [0.29, 0.717) is 24.3 Å². The zero-order chi connectivity index (χ0) is 15.1. The number of rotatable bonds is 6. The van der Waals surface area contributed by atoms with E-state index >= 15 is 0 Å². The second-order valence-corrected chi connectivity index (χ2v) is 6.40. The molecular formula is C10H18N6O2S2. The number of hydrogen-bond donors (Lipinski definition) is 6. The van der Waals surface area contributed by atoms with Crippen molar-refractivity contribution < 1.29 is 9.59 Å². The summed E-state index contributed by atoms with van der Waals surface area (Å²) in [6.07, 6.45) is 0.855. The molecule has 1 rings (SSSR count). The summed E-state index contributed by atoms with van der Waals surface area (Å²) in [5.41, 5.74) is 10.4. The summed E-state index contributed by atoms with van der Waals surface area (Å²) in [7, 11) is 0. The molecule has 20 heavy (non-hydrogen) atoms. The van der Waals surface area contributed by atoms with Crippen LogP contribution in [0.25, 0.3) is 0 Å². The van der Waals surface area contributed by atoms with E-state index in [1.54, 1.807) is 0 Å². The summed E-state index contributed by atoms with van der Waals surface area (Å²) in [4.78, 5) is 23.7. The largest absolute Gasteiger partial charge is 0.379 e. The quantitative estimate of drug-likeness (QED) is 0.272. The first-order valence-corrected chi connectivity index (χ1v) is 7.91. The number of thioether (sulfide) groups is 2. The lowest BCUT2D eigenvalue weighted by Crippen LogP contribution is -2.61. The highest BCUT2D eigenvalue weighted by Gasteiger charge is 2.32. The molecule has 2 atom stereocenters. The van der Waals surface area contributed by atoms with Crippen LogP contribution in [0.4, 0.5) is 0 Å². The SMILES string of the molecule is N=C(N)SCCC1NC(=O)C(CCSC(=N)N)NC1=O. The minimum Gasteiger partial charge on any atom is -0.379 e. The molecule has 112 valence electrons. The Morgan fingerprint density at radius 1 is 0.950 bits per heavy atom. The molecule has 0 aromatic heterocycles. The summed E-state index contributed by atoms with van der Waals surface area (Å²) >= 11 is 2.27. The van der Waals surface area contributed by atoms with Crippen LogP contribution < -0.4 is 22.1 Å². The van der Waals surface area contributed by atoms with E-state index < -0.39 is 12.1 Å². The molecule has 2 amide bonds. The van der Waals surface area contributed by atoms with Crippen LogP contribution in [-0.4, -0.2) is 45.7 Å². The second kappa shape index (κ2) is 8.00. The predicted octanol–water partition coefficient (Wildman–Crippen LogP) is -0.997. The zero-order valence-corrected chi connectivity index (χ0v) is 12.4. The van der Waals surface area contributed by atoms with Crippen molar-refractivity contribution in [3.63, 3.8) is 0 Å². The molecule has 0 aliphatic carbocycles. The Labute approximate surface area is 125 Å². The van der Waals surface area contributed by atoms with Crippen LogP contribution in [-0.2, 0) is 9.59 Å². The first-order chi connectivity index (χ1) is 9.40. The van der Waals surface area contributed by atoms with Gasteiger partial charge in [0.15, 0.2) is 10.3 Å². The molecule has 2 unspecified atom stereocenters. The van der Waals surface area contributed by atoms with E-state index in [1.165, 1.54) is 0 Å². The molecule has 0 saturated carbocycles. The molecule has 1 saturated heterocycles. The highest BCUT2D eigenvalue weighted by molar-refractivity contribution is 8.13. The summed E-state index contributed by atoms with van der Waals surface area (Å²) in [5.74, 6) is 0.537. The fraction of sp³-hybridized carbons (Fsp3) is 0.600. The van der Waals surface area contributed by atoms with Crippen molar-refractivity contribution in [1.29, 1.82) is 10.8 Å². The van der Waals surface area contributed by atoms with E-state index in [0.717, 1.165) is 23.5 Å². The van der Waals surface area contributed by atoms with Crippen molar-refractivity contribution in [3.8, 4) is 0 Å². The van der Waals surface area contributed by atoms with Gasteiger partial charge in [-0.1, -0.05) is 23.5 Å². The van der Waals surface area contributed by atoms with Gasteiger partial charge in [-0.25, -0.2) is 0 Å². The fourth-order valence-electron chi connectivity index (χ4n) is 1.66. The van der Waals surface area contributed by atoms with Gasteiger partial charge >= 0.3 is 0 Å². The minimum absolute atomic E-state index is 0.00771. The molecule has 10 heteroatoms. The summed E-state index contributed by atoms with van der Waals surface area (Å²) < 4.78 is 0. The third-order valence-electron chi connectivity index (χ3n) is 2.59. The Morgan fingerprint density at radius 3 is 1.60 bits per heavy atom. The number of carbonyl (C=O) groups excluding carboxylic acids is 2. The van der Waals surface area contributed by atoms with Crippen LogP contribution in [0.3, 0.4) is 0 Å². The van der Waals surface area contributed by atoms with Gasteiger partial charge in [-0.15, -0.1) is 0 Å². The van der Waals surface area contributed by atoms with Crippen LogP contribution in [0, 0.1) is 10.8 Å². The second-order valence-electron chi connectivity index (χ2n) is 4.13. The lowest BCUT2D eigenvalue weighted by molar-refractivity contribution is -0.136. The zero-order valence-electron chi connectivity index (χ0n) is 10.8. The van der Waals surface area contributed by atoms with Gasteiger partial charge in [0, 0.05) is 11.5 Å². The van der Waals surface area contributed by atoms with Crippen molar-refractivity contribution in [3.05, 3.63) is 0 Å². The third kappa shape index (κ3) is 5.70. The van der Waals surface area contributed by atoms with Gasteiger partial charge in [0.05, 0.1) is 0 Å². The molecule has 1 aliphatic rings. The molecule has 0 radical (unpaired) electrons. The maximum Gasteiger partial charge on any atom is 0.243 e. The van der Waals surface area contributed by atoms with Gasteiger partial charge in [0.2, 0.25) is 11.8 Å². The fourth-order valence-corrected chi connectivity index (χ4v) is 2.80. The molecule has 0 bridgehead atoms. The highest BCUT2D eigenvalue weighted by Crippen LogP contribution is 2.11. The number of amidine groups is 2. The Morgan fingerprint density at radius 2 is 1.30 bits per heavy atom. The molecule has 1 aliphatic heterocycles. The predicted molar refractivity (Wildman–Crippen MR) is 81.8 cm³/mol. The van der Waals surface area contributed by atoms with E-state index in [9.17, 15) is 9.59 Å². The first kappa shape index (κ1) is 16.6. The lowest BCUT2D eigenvalue weighted by atomic mass is 10.1. The summed E-state index contributed by atoms with van der Waals surface area (Å²) in [6.45, 7) is 0. The average molecular weight is 318 g/mol. The number of hydrogen-bond acceptors (Lipinski definition) is 6. The Hall–Kier alpha value is -1.42. The number of amides is 2. The highest BCUT2D eigenvalue weighted by atomic mass is 32.2. The number of nitrogens with two attached hydrogens (primary N) is 2. The van der Waals surface area contributed by atoms with Gasteiger partial charge in [-0.3, -0.25) is 20.4 Å². The van der Waals surface area contributed by atoms with Gasteiger partial charge in [0.25, 0.3) is 0 Å². The van der Waals surface area contributed by atoms with E-state index in [-0.39, 0.29) is 22.1 Å². The van der Waals surface area contributed by atoms with Crippen LogP contribution >= 0.6 is 23.5 Å². The monoisotopic (exact) mass is 318 g/mol. The molecule has 0 aromatic carbocycles. The van der Waals surface area contributed by atoms with Crippen molar-refractivity contribution in [2.45, 2.75) is 24.9 Å². The first-order valence-electron chi connectivity index (χ1n) is 5.94. The van der Waals surface area contributed by atoms with Crippen molar-refractivity contribution in [2.75, 3.05) is 11.5 Å². The number of piperazine rings is 1. The maximum atomic E-state index is 11.8. The third-order valence-corrected chi connectivity index (χ3v) is 4.10. The van der Waals surface area contributed by atoms with Crippen molar-refractivity contribution >= 4 is 45.7 Å². The molecule has 8 N–H and O–H groups in total. The molecule has 8 nitrogen and oxygen atoms in total. The van der Waals surface area contributed by atoms with Gasteiger partial charge in [0.1, 0.15) is 12.1 Å². The summed E-state index contributed by atoms with van der Waals surface area (Å²) in [5, 5.41) is 19.4. The van der Waals surface area contributed by atoms with Gasteiger partial charge < -0.3 is 22.1 Å². The van der Waals surface area contributed by atoms with Crippen LogP contribution in [0.15, 0.2) is 0 Å². The van der Waals surface area contributed by atoms with E-state index in [1.807, 2.05) is 0 Å². The maximum absolute atomic E-state index is 11.8. The smallest absolute Gasteiger partial charge is 0.243 e. The molecule has 1 fully saturated rings. The minimum atomic E-state index is -0.578. The molecule has 1 heterocycles. The Kier molecular flexibility index (Phi) is 6.65. The number of nitrogens with one attached hydrogen (secondary N) is 4. The standard InChI is InChI=1S/C10H18N6O2S2/c11-9(12)19-3-1-5-7(17)16-6(8(18)15-5)2-4-20-10(13)14/h5-6H,1-4H2,(H3,11,12)(H3,13,14)(H,15,18)(H,16,17). The van der Waals surface area contributed by atoms with E-state index in [2.05, 4.69) is 10.6 Å². The van der Waals surface area contributed by atoms with Crippen molar-refractivity contribution in [1.82, 2.24) is 10.6 Å². The van der Waals surface area contributed by atoms with Crippen molar-refractivity contribution in [2.24, 2.45) is 11.5 Å². The lowest BCUT2D eigenvalue weighted by Gasteiger charge is -2.29. The van der Waals surface area contributed by atoms with Gasteiger partial charge in [-0.05, 0) is 12.8 Å².